The predicted molar refractivity (Wildman–Crippen MR) is 39.5 cm³/mol. The predicted octanol–water partition coefficient (Wildman–Crippen LogP) is -0.226. The van der Waals surface area contributed by atoms with Gasteiger partial charge in [-0.1, -0.05) is 0 Å². The average molecular weight is 176 g/mol. The van der Waals surface area contributed by atoms with Crippen molar-refractivity contribution in [2.75, 3.05) is 0 Å². The van der Waals surface area contributed by atoms with Crippen molar-refractivity contribution in [3.8, 4) is 0 Å². The first kappa shape index (κ1) is 10.9. The number of aliphatic hydroxyl groups is 1. The van der Waals surface area contributed by atoms with E-state index in [0.717, 1.165) is 13.8 Å². The summed E-state index contributed by atoms with van der Waals surface area (Å²) in [5.74, 6) is -2.04. The molecule has 0 heterocycles. The van der Waals surface area contributed by atoms with Crippen LogP contribution < -0.4 is 0 Å². The molecule has 0 aliphatic carbocycles. The summed E-state index contributed by atoms with van der Waals surface area (Å²) in [5, 5.41) is 17.7. The summed E-state index contributed by atoms with van der Waals surface area (Å²) in [6.07, 6.45) is -1.06. The molecule has 0 saturated heterocycles. The molecule has 0 spiro atoms. The van der Waals surface area contributed by atoms with Crippen LogP contribution in [0.5, 0.6) is 0 Å². The molecule has 2 N–H and O–H groups in total. The number of hydrogen-bond donors (Lipinski definition) is 2. The lowest BCUT2D eigenvalue weighted by Gasteiger charge is -2.24. The van der Waals surface area contributed by atoms with E-state index < -0.39 is 23.6 Å². The number of carboxylic acid groups (broad SMARTS) is 1. The lowest BCUT2D eigenvalue weighted by Crippen LogP contribution is -2.47. The molecule has 0 aromatic heterocycles. The van der Waals surface area contributed by atoms with Gasteiger partial charge in [-0.3, -0.25) is 4.79 Å². The molecule has 0 fully saturated rings. The smallest absolute Gasteiger partial charge is 0.339 e. The van der Waals surface area contributed by atoms with Crippen LogP contribution in [0.15, 0.2) is 0 Å². The van der Waals surface area contributed by atoms with Gasteiger partial charge in [-0.2, -0.15) is 0 Å². The largest absolute Gasteiger partial charge is 0.479 e. The van der Waals surface area contributed by atoms with Crippen molar-refractivity contribution in [2.24, 2.45) is 0 Å². The van der Waals surface area contributed by atoms with Crippen molar-refractivity contribution in [2.45, 2.75) is 32.5 Å². The first-order valence-electron chi connectivity index (χ1n) is 3.41. The zero-order chi connectivity index (χ0) is 9.94. The van der Waals surface area contributed by atoms with Crippen molar-refractivity contribution < 1.29 is 24.5 Å². The Morgan fingerprint density at radius 3 is 2.17 bits per heavy atom. The summed E-state index contributed by atoms with van der Waals surface area (Å²) in [4.78, 5) is 20.8. The Morgan fingerprint density at radius 1 is 1.50 bits per heavy atom. The second kappa shape index (κ2) is 3.53. The molecule has 70 valence electrons. The van der Waals surface area contributed by atoms with Crippen molar-refractivity contribution in [3.63, 3.8) is 0 Å². The fourth-order valence-corrected chi connectivity index (χ4v) is 0.538. The SMILES string of the molecule is CC(=O)OC(C)C(C)(O)C(=O)O. The maximum atomic E-state index is 10.4. The van der Waals surface area contributed by atoms with E-state index in [0.29, 0.717) is 0 Å². The monoisotopic (exact) mass is 176 g/mol. The fourth-order valence-electron chi connectivity index (χ4n) is 0.538. The molecule has 0 bridgehead atoms. The first-order valence-corrected chi connectivity index (χ1v) is 3.41. The second-order valence-corrected chi connectivity index (χ2v) is 2.70. The van der Waals surface area contributed by atoms with Gasteiger partial charge < -0.3 is 14.9 Å². The van der Waals surface area contributed by atoms with Crippen LogP contribution in [-0.4, -0.2) is 33.9 Å². The molecule has 5 heteroatoms. The summed E-state index contributed by atoms with van der Waals surface area (Å²) in [6.45, 7) is 3.53. The summed E-state index contributed by atoms with van der Waals surface area (Å²) < 4.78 is 4.51. The molecule has 0 aromatic rings. The van der Waals surface area contributed by atoms with E-state index in [1.807, 2.05) is 0 Å². The Labute approximate surface area is 70.0 Å². The van der Waals surface area contributed by atoms with Crippen LogP contribution in [0, 0.1) is 0 Å². The van der Waals surface area contributed by atoms with Crippen molar-refractivity contribution in [1.82, 2.24) is 0 Å². The zero-order valence-corrected chi connectivity index (χ0v) is 7.20. The molecule has 0 amide bonds. The van der Waals surface area contributed by atoms with Gasteiger partial charge in [-0.15, -0.1) is 0 Å². The topological polar surface area (TPSA) is 83.8 Å². The number of aliphatic carboxylic acids is 1. The van der Waals surface area contributed by atoms with Crippen LogP contribution in [0.1, 0.15) is 20.8 Å². The molecule has 0 aromatic carbocycles. The summed E-state index contributed by atoms with van der Waals surface area (Å²) in [6, 6.07) is 0. The highest BCUT2D eigenvalue weighted by Gasteiger charge is 2.38. The lowest BCUT2D eigenvalue weighted by atomic mass is 10.0. The number of ether oxygens (including phenoxy) is 1. The summed E-state index contributed by atoms with van der Waals surface area (Å²) in [7, 11) is 0. The quantitative estimate of drug-likeness (QED) is 0.580. The number of carboxylic acids is 1. The Hall–Kier alpha value is -1.10. The van der Waals surface area contributed by atoms with Gasteiger partial charge in [-0.05, 0) is 13.8 Å². The van der Waals surface area contributed by atoms with E-state index >= 15 is 0 Å². The molecule has 0 aliphatic rings. The Kier molecular flexibility index (Phi) is 3.21. The molecule has 2 unspecified atom stereocenters. The number of rotatable bonds is 3. The van der Waals surface area contributed by atoms with Crippen LogP contribution in [0.3, 0.4) is 0 Å². The van der Waals surface area contributed by atoms with Crippen molar-refractivity contribution in [3.05, 3.63) is 0 Å². The van der Waals surface area contributed by atoms with Gasteiger partial charge in [0.1, 0.15) is 6.10 Å². The van der Waals surface area contributed by atoms with E-state index in [1.165, 1.54) is 6.92 Å². The van der Waals surface area contributed by atoms with E-state index in [9.17, 15) is 14.7 Å². The fraction of sp³-hybridized carbons (Fsp3) is 0.714. The first-order chi connectivity index (χ1) is 5.28. The number of carbonyl (C=O) groups excluding carboxylic acids is 1. The van der Waals surface area contributed by atoms with Crippen LogP contribution in [0.2, 0.25) is 0 Å². The maximum absolute atomic E-state index is 10.4. The van der Waals surface area contributed by atoms with Gasteiger partial charge in [0.05, 0.1) is 0 Å². The van der Waals surface area contributed by atoms with E-state index in [-0.39, 0.29) is 0 Å². The minimum absolute atomic E-state index is 0.621. The number of hydrogen-bond acceptors (Lipinski definition) is 4. The van der Waals surface area contributed by atoms with Crippen LogP contribution in [0.4, 0.5) is 0 Å². The molecule has 0 aliphatic heterocycles. The molecule has 5 nitrogen and oxygen atoms in total. The third kappa shape index (κ3) is 2.50. The average Bonchev–Trinajstić information content (AvgIpc) is 1.85. The molecule has 12 heavy (non-hydrogen) atoms. The minimum atomic E-state index is -2.04. The van der Waals surface area contributed by atoms with Gasteiger partial charge in [0.25, 0.3) is 0 Å². The molecule has 0 rings (SSSR count). The zero-order valence-electron chi connectivity index (χ0n) is 7.20. The summed E-state index contributed by atoms with van der Waals surface area (Å²) in [5.41, 5.74) is -2.04. The lowest BCUT2D eigenvalue weighted by molar-refractivity contribution is -0.177. The van der Waals surface area contributed by atoms with Gasteiger partial charge in [-0.25, -0.2) is 4.79 Å². The van der Waals surface area contributed by atoms with Crippen molar-refractivity contribution >= 4 is 11.9 Å². The van der Waals surface area contributed by atoms with E-state index in [4.69, 9.17) is 5.11 Å². The van der Waals surface area contributed by atoms with E-state index in [2.05, 4.69) is 4.74 Å². The molecule has 2 atom stereocenters. The van der Waals surface area contributed by atoms with E-state index in [1.54, 1.807) is 0 Å². The highest BCUT2D eigenvalue weighted by molar-refractivity contribution is 5.78. The third-order valence-electron chi connectivity index (χ3n) is 1.57. The maximum Gasteiger partial charge on any atom is 0.339 e. The number of carbonyl (C=O) groups is 2. The van der Waals surface area contributed by atoms with Crippen molar-refractivity contribution in [1.29, 1.82) is 0 Å². The Morgan fingerprint density at radius 2 is 1.92 bits per heavy atom. The van der Waals surface area contributed by atoms with Crippen LogP contribution in [-0.2, 0) is 14.3 Å². The van der Waals surface area contributed by atoms with Gasteiger partial charge in [0, 0.05) is 6.92 Å². The Bertz CT molecular complexity index is 196. The molecule has 0 saturated carbocycles. The Balaban J connectivity index is 4.35. The van der Waals surface area contributed by atoms with Crippen LogP contribution >= 0.6 is 0 Å². The third-order valence-corrected chi connectivity index (χ3v) is 1.57. The molecular weight excluding hydrogens is 164 g/mol. The van der Waals surface area contributed by atoms with Gasteiger partial charge >= 0.3 is 11.9 Å². The van der Waals surface area contributed by atoms with Gasteiger partial charge in [0.2, 0.25) is 0 Å². The minimum Gasteiger partial charge on any atom is -0.479 e. The molecule has 0 radical (unpaired) electrons. The highest BCUT2D eigenvalue weighted by atomic mass is 16.6. The second-order valence-electron chi connectivity index (χ2n) is 2.70. The summed E-state index contributed by atoms with van der Waals surface area (Å²) >= 11 is 0. The molecular formula is C7H12O5. The van der Waals surface area contributed by atoms with Gasteiger partial charge in [0.15, 0.2) is 5.60 Å². The standard InChI is InChI=1S/C7H12O5/c1-4(12-5(2)8)7(3,11)6(9)10/h4,11H,1-3H3,(H,9,10). The number of esters is 1. The highest BCUT2D eigenvalue weighted by Crippen LogP contribution is 2.13. The normalized spacial score (nSPS) is 17.7. The van der Waals surface area contributed by atoms with Crippen LogP contribution in [0.25, 0.3) is 0 Å².